The number of rotatable bonds is 7. The summed E-state index contributed by atoms with van der Waals surface area (Å²) >= 11 is 8.97. The Hall–Kier alpha value is -0.360. The summed E-state index contributed by atoms with van der Waals surface area (Å²) in [5.74, 6) is 0.868. The Morgan fingerprint density at radius 1 is 1.14 bits per heavy atom. The molecule has 0 aliphatic rings. The largest absolute Gasteiger partial charge is 0.492 e. The summed E-state index contributed by atoms with van der Waals surface area (Å²) in [6.45, 7) is 6.60. The van der Waals surface area contributed by atoms with Gasteiger partial charge in [-0.25, -0.2) is 0 Å². The Balaban J connectivity index is 1.97. The normalized spacial score (nSPS) is 10.9. The van der Waals surface area contributed by atoms with E-state index in [0.29, 0.717) is 6.61 Å². The molecule has 1 N–H and O–H groups in total. The molecule has 5 heteroatoms. The van der Waals surface area contributed by atoms with Gasteiger partial charge in [0.1, 0.15) is 5.75 Å². The van der Waals surface area contributed by atoms with Crippen LogP contribution in [0.3, 0.4) is 0 Å². The van der Waals surface area contributed by atoms with Crippen LogP contribution in [-0.4, -0.2) is 6.61 Å². The zero-order valence-electron chi connectivity index (χ0n) is 12.2. The fourth-order valence-corrected chi connectivity index (χ4v) is 4.61. The zero-order valence-corrected chi connectivity index (χ0v) is 16.2. The Bertz CT molecular complexity index is 575. The number of aryl methyl sites for hydroxylation is 1. The molecule has 0 saturated carbocycles. The van der Waals surface area contributed by atoms with Crippen molar-refractivity contribution in [3.63, 3.8) is 0 Å². The maximum absolute atomic E-state index is 5.60. The van der Waals surface area contributed by atoms with Crippen LogP contribution in [0.15, 0.2) is 32.5 Å². The van der Waals surface area contributed by atoms with Gasteiger partial charge in [-0.2, -0.15) is 0 Å². The van der Waals surface area contributed by atoms with Crippen molar-refractivity contribution in [2.24, 2.45) is 0 Å². The van der Waals surface area contributed by atoms with Gasteiger partial charge in [-0.05, 0) is 79.9 Å². The lowest BCUT2D eigenvalue weighted by molar-refractivity contribution is 0.336. The molecular formula is C16H19Br2NOS. The summed E-state index contributed by atoms with van der Waals surface area (Å²) in [5, 5.41) is 5.68. The number of nitrogens with one attached hydrogen (secondary N) is 1. The highest BCUT2D eigenvalue weighted by Gasteiger charge is 2.09. The molecule has 1 aromatic carbocycles. The minimum atomic E-state index is 0.660. The quantitative estimate of drug-likeness (QED) is 0.621. The topological polar surface area (TPSA) is 21.3 Å². The van der Waals surface area contributed by atoms with E-state index < -0.39 is 0 Å². The lowest BCUT2D eigenvalue weighted by atomic mass is 10.2. The van der Waals surface area contributed by atoms with Crippen molar-refractivity contribution in [2.75, 3.05) is 6.61 Å². The van der Waals surface area contributed by atoms with Gasteiger partial charge in [0.05, 0.1) is 15.6 Å². The molecule has 114 valence electrons. The number of halogens is 2. The predicted molar refractivity (Wildman–Crippen MR) is 97.3 cm³/mol. The molecular weight excluding hydrogens is 414 g/mol. The van der Waals surface area contributed by atoms with E-state index in [0.717, 1.165) is 34.2 Å². The summed E-state index contributed by atoms with van der Waals surface area (Å²) in [5.41, 5.74) is 2.67. The first-order valence-electron chi connectivity index (χ1n) is 7.02. The molecule has 0 unspecified atom stereocenters. The lowest BCUT2D eigenvalue weighted by Gasteiger charge is -2.11. The summed E-state index contributed by atoms with van der Waals surface area (Å²) in [6.07, 6.45) is 1.10. The Morgan fingerprint density at radius 3 is 2.48 bits per heavy atom. The van der Waals surface area contributed by atoms with Gasteiger partial charge in [-0.15, -0.1) is 11.3 Å². The fraction of sp³-hybridized carbons (Fsp3) is 0.375. The van der Waals surface area contributed by atoms with Crippen LogP contribution in [0.25, 0.3) is 0 Å². The number of thiophene rings is 1. The fourth-order valence-electron chi connectivity index (χ4n) is 2.15. The second kappa shape index (κ2) is 8.32. The average Bonchev–Trinajstić information content (AvgIpc) is 2.90. The molecule has 0 bridgehead atoms. The highest BCUT2D eigenvalue weighted by Crippen LogP contribution is 2.34. The van der Waals surface area contributed by atoms with Gasteiger partial charge in [0.25, 0.3) is 0 Å². The second-order valence-corrected chi connectivity index (χ2v) is 7.36. The van der Waals surface area contributed by atoms with E-state index in [2.05, 4.69) is 67.7 Å². The monoisotopic (exact) mass is 431 g/mol. The first-order valence-corrected chi connectivity index (χ1v) is 9.48. The van der Waals surface area contributed by atoms with E-state index in [9.17, 15) is 0 Å². The zero-order chi connectivity index (χ0) is 15.2. The van der Waals surface area contributed by atoms with E-state index in [1.54, 1.807) is 0 Å². The first kappa shape index (κ1) is 17.0. The molecule has 2 nitrogen and oxygen atoms in total. The van der Waals surface area contributed by atoms with Gasteiger partial charge in [0, 0.05) is 18.0 Å². The molecule has 1 heterocycles. The van der Waals surface area contributed by atoms with Gasteiger partial charge < -0.3 is 10.1 Å². The minimum absolute atomic E-state index is 0.660. The van der Waals surface area contributed by atoms with Crippen LogP contribution in [0.2, 0.25) is 0 Å². The maximum Gasteiger partial charge on any atom is 0.147 e. The standard InChI is InChI=1S/C16H19Br2NOS/c1-3-12-5-6-21-15(12)10-19-9-11-7-13(17)16(20-4-2)14(18)8-11/h5-8,19H,3-4,9-10H2,1-2H3. The van der Waals surface area contributed by atoms with Crippen molar-refractivity contribution in [2.45, 2.75) is 33.4 Å². The van der Waals surface area contributed by atoms with Crippen LogP contribution >= 0.6 is 43.2 Å². The van der Waals surface area contributed by atoms with Gasteiger partial charge in [0.15, 0.2) is 0 Å². The van der Waals surface area contributed by atoms with Gasteiger partial charge in [0.2, 0.25) is 0 Å². The van der Waals surface area contributed by atoms with Crippen molar-refractivity contribution < 1.29 is 4.74 Å². The van der Waals surface area contributed by atoms with Gasteiger partial charge >= 0.3 is 0 Å². The van der Waals surface area contributed by atoms with Crippen molar-refractivity contribution in [3.8, 4) is 5.75 Å². The Morgan fingerprint density at radius 2 is 1.86 bits per heavy atom. The molecule has 0 radical (unpaired) electrons. The SMILES string of the molecule is CCOc1c(Br)cc(CNCc2sccc2CC)cc1Br. The minimum Gasteiger partial charge on any atom is -0.492 e. The van der Waals surface area contributed by atoms with Crippen molar-refractivity contribution >= 4 is 43.2 Å². The third-order valence-electron chi connectivity index (χ3n) is 3.18. The van der Waals surface area contributed by atoms with Crippen LogP contribution < -0.4 is 10.1 Å². The number of hydrogen-bond donors (Lipinski definition) is 1. The third-order valence-corrected chi connectivity index (χ3v) is 5.32. The first-order chi connectivity index (χ1) is 10.2. The number of benzene rings is 1. The molecule has 0 atom stereocenters. The van der Waals surface area contributed by atoms with Crippen LogP contribution in [0.1, 0.15) is 29.9 Å². The van der Waals surface area contributed by atoms with Crippen LogP contribution in [0, 0.1) is 0 Å². The lowest BCUT2D eigenvalue weighted by Crippen LogP contribution is -2.13. The van der Waals surface area contributed by atoms with Crippen LogP contribution in [0.4, 0.5) is 0 Å². The Labute approximate surface area is 147 Å². The molecule has 0 saturated heterocycles. The molecule has 2 rings (SSSR count). The molecule has 0 spiro atoms. The molecule has 0 fully saturated rings. The summed E-state index contributed by atoms with van der Waals surface area (Å²) in [6, 6.07) is 6.43. The maximum atomic E-state index is 5.60. The molecule has 21 heavy (non-hydrogen) atoms. The van der Waals surface area contributed by atoms with E-state index >= 15 is 0 Å². The predicted octanol–water partition coefficient (Wildman–Crippen LogP) is 5.52. The van der Waals surface area contributed by atoms with Crippen molar-refractivity contribution in [1.29, 1.82) is 0 Å². The molecule has 0 amide bonds. The van der Waals surface area contributed by atoms with E-state index in [4.69, 9.17) is 4.74 Å². The highest BCUT2D eigenvalue weighted by atomic mass is 79.9. The summed E-state index contributed by atoms with van der Waals surface area (Å²) in [7, 11) is 0. The molecule has 0 aliphatic heterocycles. The molecule has 2 aromatic rings. The smallest absolute Gasteiger partial charge is 0.147 e. The van der Waals surface area contributed by atoms with Crippen molar-refractivity contribution in [3.05, 3.63) is 48.5 Å². The van der Waals surface area contributed by atoms with E-state index in [-0.39, 0.29) is 0 Å². The molecule has 1 aromatic heterocycles. The number of ether oxygens (including phenoxy) is 1. The van der Waals surface area contributed by atoms with Gasteiger partial charge in [-0.1, -0.05) is 6.92 Å². The highest BCUT2D eigenvalue weighted by molar-refractivity contribution is 9.11. The van der Waals surface area contributed by atoms with Gasteiger partial charge in [-0.3, -0.25) is 0 Å². The van der Waals surface area contributed by atoms with E-state index in [1.165, 1.54) is 16.0 Å². The Kier molecular flexibility index (Phi) is 6.74. The third kappa shape index (κ3) is 4.55. The van der Waals surface area contributed by atoms with E-state index in [1.807, 2.05) is 18.3 Å². The average molecular weight is 433 g/mol. The van der Waals surface area contributed by atoms with Crippen molar-refractivity contribution in [1.82, 2.24) is 5.32 Å². The molecule has 0 aliphatic carbocycles. The van der Waals surface area contributed by atoms with Crippen LogP contribution in [-0.2, 0) is 19.5 Å². The van der Waals surface area contributed by atoms with Crippen LogP contribution in [0.5, 0.6) is 5.75 Å². The summed E-state index contributed by atoms with van der Waals surface area (Å²) in [4.78, 5) is 1.43. The second-order valence-electron chi connectivity index (χ2n) is 4.65. The number of hydrogen-bond acceptors (Lipinski definition) is 3. The summed E-state index contributed by atoms with van der Waals surface area (Å²) < 4.78 is 7.58.